The van der Waals surface area contributed by atoms with E-state index in [9.17, 15) is 4.79 Å². The molecule has 0 fully saturated rings. The van der Waals surface area contributed by atoms with Gasteiger partial charge < -0.3 is 10.1 Å². The molecular formula is C30H32N4O2. The van der Waals surface area contributed by atoms with Crippen LogP contribution in [0.25, 0.3) is 16.9 Å². The molecular weight excluding hydrogens is 448 g/mol. The highest BCUT2D eigenvalue weighted by atomic mass is 16.5. The first-order chi connectivity index (χ1) is 17.5. The Hall–Kier alpha value is -3.93. The lowest BCUT2D eigenvalue weighted by molar-refractivity contribution is -0.123. The second-order valence-electron chi connectivity index (χ2n) is 9.57. The molecule has 0 saturated carbocycles. The van der Waals surface area contributed by atoms with Crippen molar-refractivity contribution in [3.8, 4) is 22.7 Å². The van der Waals surface area contributed by atoms with Crippen LogP contribution in [0.5, 0.6) is 5.75 Å². The van der Waals surface area contributed by atoms with Crippen molar-refractivity contribution in [1.82, 2.24) is 20.1 Å². The standard InChI is InChI=1S/C30H32N4O2/c1-19-11-16-27(20(2)18-19)34-29(22-12-14-23(36-4)15-13-22)24-8-7-9-25(28(24)33-34)30(35)32-21(3)26-10-5-6-17-31-26/h5-6,10-18,21,25H,7-9H2,1-4H3,(H,32,35)/t21-,25?/m1/s1. The van der Waals surface area contributed by atoms with Gasteiger partial charge in [0.25, 0.3) is 0 Å². The van der Waals surface area contributed by atoms with E-state index in [0.717, 1.165) is 64.5 Å². The zero-order valence-electron chi connectivity index (χ0n) is 21.3. The first-order valence-electron chi connectivity index (χ1n) is 12.5. The van der Waals surface area contributed by atoms with Gasteiger partial charge in [-0.3, -0.25) is 9.78 Å². The Morgan fingerprint density at radius 1 is 1.11 bits per heavy atom. The summed E-state index contributed by atoms with van der Waals surface area (Å²) in [6, 6.07) is 20.1. The number of pyridine rings is 1. The maximum atomic E-state index is 13.5. The number of nitrogens with zero attached hydrogens (tertiary/aromatic N) is 3. The summed E-state index contributed by atoms with van der Waals surface area (Å²) in [5.41, 5.74) is 8.37. The molecule has 0 radical (unpaired) electrons. The number of aromatic nitrogens is 3. The fourth-order valence-corrected chi connectivity index (χ4v) is 5.15. The molecule has 6 heteroatoms. The second kappa shape index (κ2) is 9.97. The molecule has 0 bridgehead atoms. The Bertz CT molecular complexity index is 1380. The maximum absolute atomic E-state index is 13.5. The molecule has 2 heterocycles. The molecule has 1 unspecified atom stereocenters. The van der Waals surface area contributed by atoms with Gasteiger partial charge in [-0.25, -0.2) is 4.68 Å². The van der Waals surface area contributed by atoms with Crippen LogP contribution in [0, 0.1) is 13.8 Å². The van der Waals surface area contributed by atoms with Crippen LogP contribution < -0.4 is 10.1 Å². The molecule has 0 aliphatic heterocycles. The van der Waals surface area contributed by atoms with Crippen molar-refractivity contribution in [2.75, 3.05) is 7.11 Å². The van der Waals surface area contributed by atoms with E-state index in [0.29, 0.717) is 0 Å². The van der Waals surface area contributed by atoms with Gasteiger partial charge in [0.05, 0.1) is 41.8 Å². The number of carbonyl (C=O) groups excluding carboxylic acids is 1. The number of hydrogen-bond donors (Lipinski definition) is 1. The number of hydrogen-bond acceptors (Lipinski definition) is 4. The van der Waals surface area contributed by atoms with E-state index in [2.05, 4.69) is 54.5 Å². The van der Waals surface area contributed by atoms with Gasteiger partial charge in [-0.15, -0.1) is 0 Å². The minimum atomic E-state index is -0.302. The number of benzene rings is 2. The predicted molar refractivity (Wildman–Crippen MR) is 141 cm³/mol. The molecule has 1 N–H and O–H groups in total. The summed E-state index contributed by atoms with van der Waals surface area (Å²) >= 11 is 0. The summed E-state index contributed by atoms with van der Waals surface area (Å²) in [5.74, 6) is 0.510. The van der Waals surface area contributed by atoms with Crippen molar-refractivity contribution in [2.24, 2.45) is 0 Å². The van der Waals surface area contributed by atoms with Gasteiger partial charge in [-0.1, -0.05) is 23.8 Å². The van der Waals surface area contributed by atoms with Gasteiger partial charge in [0.2, 0.25) is 5.91 Å². The fourth-order valence-electron chi connectivity index (χ4n) is 5.15. The van der Waals surface area contributed by atoms with Crippen LogP contribution in [0.15, 0.2) is 66.9 Å². The third-order valence-corrected chi connectivity index (χ3v) is 7.01. The number of methoxy groups -OCH3 is 1. The van der Waals surface area contributed by atoms with E-state index in [4.69, 9.17) is 9.84 Å². The summed E-state index contributed by atoms with van der Waals surface area (Å²) in [7, 11) is 1.67. The van der Waals surface area contributed by atoms with Gasteiger partial charge in [0.1, 0.15) is 5.75 Å². The lowest BCUT2D eigenvalue weighted by Crippen LogP contribution is -2.33. The summed E-state index contributed by atoms with van der Waals surface area (Å²) in [6.45, 7) is 6.18. The van der Waals surface area contributed by atoms with Crippen molar-refractivity contribution in [3.05, 3.63) is 94.9 Å². The largest absolute Gasteiger partial charge is 0.497 e. The summed E-state index contributed by atoms with van der Waals surface area (Å²) in [5, 5.41) is 8.30. The summed E-state index contributed by atoms with van der Waals surface area (Å²) in [4.78, 5) is 17.9. The van der Waals surface area contributed by atoms with Crippen LogP contribution in [0.2, 0.25) is 0 Å². The van der Waals surface area contributed by atoms with Crippen LogP contribution >= 0.6 is 0 Å². The van der Waals surface area contributed by atoms with Crippen LogP contribution in [0.3, 0.4) is 0 Å². The minimum Gasteiger partial charge on any atom is -0.497 e. The van der Waals surface area contributed by atoms with Gasteiger partial charge in [-0.2, -0.15) is 5.10 Å². The first-order valence-corrected chi connectivity index (χ1v) is 12.5. The third-order valence-electron chi connectivity index (χ3n) is 7.01. The summed E-state index contributed by atoms with van der Waals surface area (Å²) in [6.07, 6.45) is 4.36. The van der Waals surface area contributed by atoms with Crippen LogP contribution in [-0.2, 0) is 11.2 Å². The second-order valence-corrected chi connectivity index (χ2v) is 9.57. The van der Waals surface area contributed by atoms with Crippen molar-refractivity contribution in [3.63, 3.8) is 0 Å². The molecule has 2 aromatic carbocycles. The van der Waals surface area contributed by atoms with Gasteiger partial charge in [0, 0.05) is 17.3 Å². The highest BCUT2D eigenvalue weighted by Crippen LogP contribution is 2.40. The first kappa shape index (κ1) is 23.8. The van der Waals surface area contributed by atoms with E-state index in [1.165, 1.54) is 5.56 Å². The maximum Gasteiger partial charge on any atom is 0.229 e. The zero-order valence-corrected chi connectivity index (χ0v) is 21.3. The normalized spacial score (nSPS) is 15.7. The van der Waals surface area contributed by atoms with Gasteiger partial charge >= 0.3 is 0 Å². The number of nitrogens with one attached hydrogen (secondary N) is 1. The Labute approximate surface area is 212 Å². The Kier molecular flexibility index (Phi) is 6.59. The van der Waals surface area contributed by atoms with Gasteiger partial charge in [-0.05, 0) is 88.1 Å². The molecule has 4 aromatic rings. The van der Waals surface area contributed by atoms with Crippen LogP contribution in [-0.4, -0.2) is 27.8 Å². The van der Waals surface area contributed by atoms with Crippen LogP contribution in [0.4, 0.5) is 0 Å². The van der Waals surface area contributed by atoms with Crippen molar-refractivity contribution in [2.45, 2.75) is 52.0 Å². The lowest BCUT2D eigenvalue weighted by Gasteiger charge is -2.23. The SMILES string of the molecule is COc1ccc(-c2c3c(nn2-c2ccc(C)cc2C)C(C(=O)N[C@H](C)c2ccccn2)CCC3)cc1. The number of ether oxygens (including phenoxy) is 1. The van der Waals surface area contributed by atoms with E-state index in [-0.39, 0.29) is 17.9 Å². The van der Waals surface area contributed by atoms with E-state index in [1.54, 1.807) is 13.3 Å². The molecule has 5 rings (SSSR count). The minimum absolute atomic E-state index is 0.000613. The molecule has 0 spiro atoms. The average Bonchev–Trinajstić information content (AvgIpc) is 3.28. The third kappa shape index (κ3) is 4.51. The topological polar surface area (TPSA) is 69.0 Å². The average molecular weight is 481 g/mol. The molecule has 0 saturated heterocycles. The zero-order chi connectivity index (χ0) is 25.2. The van der Waals surface area contributed by atoms with Crippen LogP contribution in [0.1, 0.15) is 59.8 Å². The predicted octanol–water partition coefficient (Wildman–Crippen LogP) is 5.86. The molecule has 6 nitrogen and oxygen atoms in total. The summed E-state index contributed by atoms with van der Waals surface area (Å²) < 4.78 is 7.42. The molecule has 184 valence electrons. The molecule has 1 amide bonds. The van der Waals surface area contributed by atoms with Crippen molar-refractivity contribution in [1.29, 1.82) is 0 Å². The number of fused-ring (bicyclic) bond motifs is 1. The van der Waals surface area contributed by atoms with E-state index < -0.39 is 0 Å². The smallest absolute Gasteiger partial charge is 0.229 e. The lowest BCUT2D eigenvalue weighted by atomic mass is 9.85. The highest BCUT2D eigenvalue weighted by molar-refractivity contribution is 5.85. The molecule has 2 aromatic heterocycles. The van der Waals surface area contributed by atoms with Crippen molar-refractivity contribution >= 4 is 5.91 Å². The molecule has 2 atom stereocenters. The fraction of sp³-hybridized carbons (Fsp3) is 0.300. The highest BCUT2D eigenvalue weighted by Gasteiger charge is 2.34. The van der Waals surface area contributed by atoms with E-state index >= 15 is 0 Å². The Morgan fingerprint density at radius 2 is 1.92 bits per heavy atom. The Balaban J connectivity index is 1.58. The number of aryl methyl sites for hydroxylation is 2. The Morgan fingerprint density at radius 3 is 2.61 bits per heavy atom. The monoisotopic (exact) mass is 480 g/mol. The molecule has 1 aliphatic rings. The van der Waals surface area contributed by atoms with E-state index in [1.807, 2.05) is 41.9 Å². The molecule has 36 heavy (non-hydrogen) atoms. The molecule has 1 aliphatic carbocycles. The number of rotatable bonds is 6. The number of carbonyl (C=O) groups is 1. The van der Waals surface area contributed by atoms with Gasteiger partial charge in [0.15, 0.2) is 0 Å². The number of amides is 1. The quantitative estimate of drug-likeness (QED) is 0.375. The van der Waals surface area contributed by atoms with Crippen molar-refractivity contribution < 1.29 is 9.53 Å².